The number of nitrogens with zero attached hydrogens (tertiary/aromatic N) is 3. The van der Waals surface area contributed by atoms with Crippen LogP contribution in [-0.2, 0) is 4.79 Å². The third kappa shape index (κ3) is 3.20. The van der Waals surface area contributed by atoms with Gasteiger partial charge in [-0.1, -0.05) is 30.3 Å². The highest BCUT2D eigenvalue weighted by Crippen LogP contribution is 2.20. The van der Waals surface area contributed by atoms with E-state index in [1.165, 1.54) is 0 Å². The van der Waals surface area contributed by atoms with Gasteiger partial charge >= 0.3 is 0 Å². The summed E-state index contributed by atoms with van der Waals surface area (Å²) < 4.78 is 1.70. The number of rotatable bonds is 5. The first-order valence-electron chi connectivity index (χ1n) is 6.51. The highest BCUT2D eigenvalue weighted by atomic mass is 35.5. The zero-order chi connectivity index (χ0) is 14.5. The van der Waals surface area contributed by atoms with Gasteiger partial charge < -0.3 is 4.90 Å². The van der Waals surface area contributed by atoms with Crippen LogP contribution in [0.4, 0.5) is 0 Å². The Morgan fingerprint density at radius 1 is 1.30 bits per heavy atom. The van der Waals surface area contributed by atoms with E-state index in [0.29, 0.717) is 12.3 Å². The number of amides is 1. The molecule has 1 aromatic heterocycles. The monoisotopic (exact) mass is 291 g/mol. The summed E-state index contributed by atoms with van der Waals surface area (Å²) >= 11 is 5.81. The van der Waals surface area contributed by atoms with Gasteiger partial charge in [-0.25, -0.2) is 0 Å². The van der Waals surface area contributed by atoms with E-state index in [1.807, 2.05) is 42.6 Å². The molecule has 20 heavy (non-hydrogen) atoms. The highest BCUT2D eigenvalue weighted by Gasteiger charge is 2.22. The van der Waals surface area contributed by atoms with Gasteiger partial charge in [0, 0.05) is 31.7 Å². The molecule has 1 amide bonds. The molecule has 4 nitrogen and oxygen atoms in total. The molecule has 0 aliphatic heterocycles. The number of halogens is 1. The third-order valence-electron chi connectivity index (χ3n) is 3.11. The fourth-order valence-corrected chi connectivity index (χ4v) is 2.25. The number of aromatic nitrogens is 2. The van der Waals surface area contributed by atoms with E-state index in [1.54, 1.807) is 23.7 Å². The SMILES string of the molecule is CN(C)C(=O)C(CCCl)n1ccc(-c2ccccc2)n1. The lowest BCUT2D eigenvalue weighted by molar-refractivity contribution is -0.132. The number of carbonyl (C=O) groups is 1. The molecule has 0 bridgehead atoms. The Balaban J connectivity index is 2.27. The molecule has 5 heteroatoms. The van der Waals surface area contributed by atoms with Gasteiger partial charge in [-0.3, -0.25) is 9.48 Å². The molecule has 0 spiro atoms. The van der Waals surface area contributed by atoms with Crippen LogP contribution >= 0.6 is 11.6 Å². The first kappa shape index (κ1) is 14.6. The first-order chi connectivity index (χ1) is 9.63. The van der Waals surface area contributed by atoms with Crippen LogP contribution < -0.4 is 0 Å². The Morgan fingerprint density at radius 3 is 2.60 bits per heavy atom. The van der Waals surface area contributed by atoms with Crippen molar-refractivity contribution in [1.82, 2.24) is 14.7 Å². The largest absolute Gasteiger partial charge is 0.347 e. The second-order valence-electron chi connectivity index (χ2n) is 4.77. The van der Waals surface area contributed by atoms with Crippen LogP contribution in [0.15, 0.2) is 42.6 Å². The smallest absolute Gasteiger partial charge is 0.246 e. The lowest BCUT2D eigenvalue weighted by Crippen LogP contribution is -2.32. The van der Waals surface area contributed by atoms with Crippen LogP contribution in [0.1, 0.15) is 12.5 Å². The quantitative estimate of drug-likeness (QED) is 0.795. The molecule has 0 aliphatic carbocycles. The zero-order valence-electron chi connectivity index (χ0n) is 11.7. The van der Waals surface area contributed by atoms with Gasteiger partial charge in [0.25, 0.3) is 0 Å². The van der Waals surface area contributed by atoms with Crippen molar-refractivity contribution >= 4 is 17.5 Å². The Kier molecular flexibility index (Phi) is 4.79. The molecule has 1 aromatic carbocycles. The number of hydrogen-bond acceptors (Lipinski definition) is 2. The maximum absolute atomic E-state index is 12.2. The summed E-state index contributed by atoms with van der Waals surface area (Å²) in [7, 11) is 3.48. The van der Waals surface area contributed by atoms with Gasteiger partial charge in [0.1, 0.15) is 6.04 Å². The molecular weight excluding hydrogens is 274 g/mol. The van der Waals surface area contributed by atoms with Crippen molar-refractivity contribution in [3.63, 3.8) is 0 Å². The summed E-state index contributed by atoms with van der Waals surface area (Å²) in [6.07, 6.45) is 2.40. The van der Waals surface area contributed by atoms with Gasteiger partial charge in [0.2, 0.25) is 5.91 Å². The van der Waals surface area contributed by atoms with Gasteiger partial charge in [0.05, 0.1) is 5.69 Å². The van der Waals surface area contributed by atoms with E-state index in [9.17, 15) is 4.79 Å². The van der Waals surface area contributed by atoms with E-state index in [0.717, 1.165) is 11.3 Å². The molecule has 0 aliphatic rings. The molecule has 106 valence electrons. The third-order valence-corrected chi connectivity index (χ3v) is 3.32. The van der Waals surface area contributed by atoms with Crippen molar-refractivity contribution < 1.29 is 4.79 Å². The lowest BCUT2D eigenvalue weighted by atomic mass is 10.2. The summed E-state index contributed by atoms with van der Waals surface area (Å²) in [6, 6.07) is 11.5. The van der Waals surface area contributed by atoms with Crippen LogP contribution in [0, 0.1) is 0 Å². The Morgan fingerprint density at radius 2 is 2.00 bits per heavy atom. The maximum Gasteiger partial charge on any atom is 0.246 e. The highest BCUT2D eigenvalue weighted by molar-refractivity contribution is 6.18. The van der Waals surface area contributed by atoms with Crippen LogP contribution in [0.3, 0.4) is 0 Å². The molecule has 0 saturated heterocycles. The first-order valence-corrected chi connectivity index (χ1v) is 7.04. The maximum atomic E-state index is 12.2. The number of hydrogen-bond donors (Lipinski definition) is 0. The molecule has 1 atom stereocenters. The number of carbonyl (C=O) groups excluding carboxylic acids is 1. The minimum absolute atomic E-state index is 0.00774. The fourth-order valence-electron chi connectivity index (χ4n) is 2.04. The predicted octanol–water partition coefficient (Wildman–Crippen LogP) is 2.81. The van der Waals surface area contributed by atoms with Crippen molar-refractivity contribution in [2.24, 2.45) is 0 Å². The van der Waals surface area contributed by atoms with E-state index < -0.39 is 0 Å². The minimum Gasteiger partial charge on any atom is -0.347 e. The van der Waals surface area contributed by atoms with Gasteiger partial charge in [-0.2, -0.15) is 5.10 Å². The summed E-state index contributed by atoms with van der Waals surface area (Å²) in [4.78, 5) is 13.8. The van der Waals surface area contributed by atoms with E-state index in [2.05, 4.69) is 5.10 Å². The molecule has 0 saturated carbocycles. The minimum atomic E-state index is -0.347. The van der Waals surface area contributed by atoms with Crippen molar-refractivity contribution in [3.8, 4) is 11.3 Å². The summed E-state index contributed by atoms with van der Waals surface area (Å²) in [5, 5.41) is 4.51. The number of alkyl halides is 1. The summed E-state index contributed by atoms with van der Waals surface area (Å²) in [5.41, 5.74) is 1.89. The second-order valence-corrected chi connectivity index (χ2v) is 5.15. The average Bonchev–Trinajstić information content (AvgIpc) is 2.94. The standard InChI is InChI=1S/C15H18ClN3O/c1-18(2)15(20)14(8-10-16)19-11-9-13(17-19)12-6-4-3-5-7-12/h3-7,9,11,14H,8,10H2,1-2H3. The van der Waals surface area contributed by atoms with Crippen LogP contribution in [0.2, 0.25) is 0 Å². The van der Waals surface area contributed by atoms with Crippen molar-refractivity contribution in [2.75, 3.05) is 20.0 Å². The molecule has 1 heterocycles. The molecular formula is C15H18ClN3O. The van der Waals surface area contributed by atoms with E-state index in [-0.39, 0.29) is 11.9 Å². The summed E-state index contributed by atoms with van der Waals surface area (Å²) in [6.45, 7) is 0. The van der Waals surface area contributed by atoms with Crippen molar-refractivity contribution in [1.29, 1.82) is 0 Å². The molecule has 0 radical (unpaired) electrons. The van der Waals surface area contributed by atoms with Gasteiger partial charge in [-0.05, 0) is 12.5 Å². The predicted molar refractivity (Wildman–Crippen MR) is 80.7 cm³/mol. The molecule has 1 unspecified atom stereocenters. The van der Waals surface area contributed by atoms with Gasteiger partial charge in [-0.15, -0.1) is 11.6 Å². The van der Waals surface area contributed by atoms with E-state index >= 15 is 0 Å². The van der Waals surface area contributed by atoms with Gasteiger partial charge in [0.15, 0.2) is 0 Å². The second kappa shape index (κ2) is 6.57. The summed E-state index contributed by atoms with van der Waals surface area (Å²) in [5.74, 6) is 0.429. The molecule has 2 aromatic rings. The van der Waals surface area contributed by atoms with Crippen LogP contribution in [0.5, 0.6) is 0 Å². The Hall–Kier alpha value is -1.81. The molecule has 2 rings (SSSR count). The number of likely N-dealkylation sites (N-methyl/N-ethyl adjacent to an activating group) is 1. The average molecular weight is 292 g/mol. The fraction of sp³-hybridized carbons (Fsp3) is 0.333. The van der Waals surface area contributed by atoms with Crippen molar-refractivity contribution in [2.45, 2.75) is 12.5 Å². The number of benzene rings is 1. The van der Waals surface area contributed by atoms with Crippen molar-refractivity contribution in [3.05, 3.63) is 42.6 Å². The topological polar surface area (TPSA) is 38.1 Å². The van der Waals surface area contributed by atoms with E-state index in [4.69, 9.17) is 11.6 Å². The molecule has 0 N–H and O–H groups in total. The Bertz CT molecular complexity index is 566. The normalized spacial score (nSPS) is 12.2. The zero-order valence-corrected chi connectivity index (χ0v) is 12.4. The molecule has 0 fully saturated rings. The Labute approximate surface area is 124 Å². The lowest BCUT2D eigenvalue weighted by Gasteiger charge is -2.20. The van der Waals surface area contributed by atoms with Crippen LogP contribution in [0.25, 0.3) is 11.3 Å². The van der Waals surface area contributed by atoms with Crippen LogP contribution in [-0.4, -0.2) is 40.6 Å².